The van der Waals surface area contributed by atoms with E-state index in [1.807, 2.05) is 38.1 Å². The molecule has 0 fully saturated rings. The summed E-state index contributed by atoms with van der Waals surface area (Å²) in [6, 6.07) is 8.02. The smallest absolute Gasteiger partial charge is 0.191 e. The first-order valence-electron chi connectivity index (χ1n) is 8.10. The third kappa shape index (κ3) is 7.82. The van der Waals surface area contributed by atoms with Crippen LogP contribution >= 0.6 is 39.9 Å². The van der Waals surface area contributed by atoms with Crippen LogP contribution in [-0.4, -0.2) is 38.0 Å². The monoisotopic (exact) mass is 545 g/mol. The van der Waals surface area contributed by atoms with Gasteiger partial charge in [-0.25, -0.2) is 8.42 Å². The number of hydrogen-bond acceptors (Lipinski definition) is 3. The van der Waals surface area contributed by atoms with Crippen molar-refractivity contribution in [3.8, 4) is 0 Å². The van der Waals surface area contributed by atoms with Crippen LogP contribution in [0.25, 0.3) is 0 Å². The number of aliphatic imine (C=N–C) groups is 1. The first kappa shape index (κ1) is 24.7. The third-order valence-corrected chi connectivity index (χ3v) is 6.94. The van der Waals surface area contributed by atoms with Crippen LogP contribution in [0.15, 0.2) is 33.7 Å². The Hall–Kier alpha value is -0.350. The highest BCUT2D eigenvalue weighted by molar-refractivity contribution is 14.0. The average molecular weight is 546 g/mol. The summed E-state index contributed by atoms with van der Waals surface area (Å²) in [6.45, 7) is 10.1. The maximum Gasteiger partial charge on any atom is 0.191 e. The van der Waals surface area contributed by atoms with Crippen molar-refractivity contribution in [3.05, 3.63) is 34.3 Å². The largest absolute Gasteiger partial charge is 0.357 e. The molecule has 2 N–H and O–H groups in total. The van der Waals surface area contributed by atoms with Gasteiger partial charge in [0.25, 0.3) is 0 Å². The van der Waals surface area contributed by atoms with Crippen LogP contribution in [0.4, 0.5) is 0 Å². The maximum absolute atomic E-state index is 12.2. The molecule has 8 heteroatoms. The van der Waals surface area contributed by atoms with Crippen LogP contribution in [0.1, 0.15) is 46.2 Å². The van der Waals surface area contributed by atoms with Gasteiger partial charge in [-0.3, -0.25) is 4.99 Å². The lowest BCUT2D eigenvalue weighted by atomic mass is 10.1. The molecule has 1 rings (SSSR count). The van der Waals surface area contributed by atoms with E-state index in [1.54, 1.807) is 20.8 Å². The zero-order valence-electron chi connectivity index (χ0n) is 15.5. The number of rotatable bonds is 6. The summed E-state index contributed by atoms with van der Waals surface area (Å²) in [5.74, 6) is 0.654. The quantitative estimate of drug-likeness (QED) is 0.323. The normalized spacial score (nSPS) is 13.8. The van der Waals surface area contributed by atoms with Crippen LogP contribution in [-0.2, 0) is 9.84 Å². The molecule has 0 aromatic heterocycles. The molecule has 25 heavy (non-hydrogen) atoms. The van der Waals surface area contributed by atoms with E-state index in [0.29, 0.717) is 12.5 Å². The van der Waals surface area contributed by atoms with E-state index in [4.69, 9.17) is 0 Å². The summed E-state index contributed by atoms with van der Waals surface area (Å²) in [6.07, 6.45) is 0. The highest BCUT2D eigenvalue weighted by Gasteiger charge is 2.28. The Bertz CT molecular complexity index is 673. The first-order chi connectivity index (χ1) is 11.1. The minimum atomic E-state index is -3.17. The van der Waals surface area contributed by atoms with Gasteiger partial charge < -0.3 is 10.6 Å². The molecule has 0 spiro atoms. The Morgan fingerprint density at radius 2 is 1.88 bits per heavy atom. The highest BCUT2D eigenvalue weighted by atomic mass is 127. The first-order valence-corrected chi connectivity index (χ1v) is 10.5. The summed E-state index contributed by atoms with van der Waals surface area (Å²) in [5.41, 5.74) is 1.12. The van der Waals surface area contributed by atoms with Crippen molar-refractivity contribution in [2.45, 2.75) is 45.4 Å². The Morgan fingerprint density at radius 1 is 1.28 bits per heavy atom. The van der Waals surface area contributed by atoms with Gasteiger partial charge in [-0.05, 0) is 46.2 Å². The molecule has 5 nitrogen and oxygen atoms in total. The second-order valence-electron chi connectivity index (χ2n) is 6.58. The Balaban J connectivity index is 0.00000576. The van der Waals surface area contributed by atoms with E-state index >= 15 is 0 Å². The van der Waals surface area contributed by atoms with Crippen molar-refractivity contribution >= 4 is 55.7 Å². The highest BCUT2D eigenvalue weighted by Crippen LogP contribution is 2.22. The minimum Gasteiger partial charge on any atom is -0.357 e. The van der Waals surface area contributed by atoms with Crippen LogP contribution in [0.3, 0.4) is 0 Å². The Kier molecular flexibility index (Phi) is 10.6. The van der Waals surface area contributed by atoms with Crippen molar-refractivity contribution in [2.24, 2.45) is 4.99 Å². The van der Waals surface area contributed by atoms with Crippen LogP contribution in [0.2, 0.25) is 0 Å². The van der Waals surface area contributed by atoms with Crippen molar-refractivity contribution in [3.63, 3.8) is 0 Å². The Labute approximate surface area is 177 Å². The van der Waals surface area contributed by atoms with Crippen LogP contribution in [0, 0.1) is 0 Å². The molecule has 0 saturated heterocycles. The maximum atomic E-state index is 12.2. The zero-order valence-corrected chi connectivity index (χ0v) is 20.2. The second kappa shape index (κ2) is 10.7. The molecular weight excluding hydrogens is 517 g/mol. The van der Waals surface area contributed by atoms with Gasteiger partial charge >= 0.3 is 0 Å². The molecule has 0 radical (unpaired) electrons. The van der Waals surface area contributed by atoms with Crippen LogP contribution in [0.5, 0.6) is 0 Å². The predicted molar refractivity (Wildman–Crippen MR) is 121 cm³/mol. The van der Waals surface area contributed by atoms with Gasteiger partial charge in [0.1, 0.15) is 0 Å². The summed E-state index contributed by atoms with van der Waals surface area (Å²) in [5, 5.41) is 6.47. The molecule has 0 bridgehead atoms. The van der Waals surface area contributed by atoms with Crippen molar-refractivity contribution in [1.29, 1.82) is 0 Å². The van der Waals surface area contributed by atoms with E-state index in [1.165, 1.54) is 0 Å². The Morgan fingerprint density at radius 3 is 2.40 bits per heavy atom. The molecule has 0 aliphatic heterocycles. The summed E-state index contributed by atoms with van der Waals surface area (Å²) < 4.78 is 24.6. The summed E-state index contributed by atoms with van der Waals surface area (Å²) >= 11 is 3.55. The number of hydrogen-bond donors (Lipinski definition) is 2. The van der Waals surface area contributed by atoms with E-state index < -0.39 is 14.6 Å². The fourth-order valence-corrected chi connectivity index (χ4v) is 3.59. The van der Waals surface area contributed by atoms with E-state index in [9.17, 15) is 8.42 Å². The molecule has 1 atom stereocenters. The van der Waals surface area contributed by atoms with Gasteiger partial charge in [0.2, 0.25) is 0 Å². The number of sulfone groups is 1. The second-order valence-corrected chi connectivity index (χ2v) is 10.3. The predicted octanol–water partition coefficient (Wildman–Crippen LogP) is 3.90. The number of nitrogens with one attached hydrogen (secondary N) is 2. The van der Waals surface area contributed by atoms with Gasteiger partial charge in [0.05, 0.1) is 23.1 Å². The van der Waals surface area contributed by atoms with E-state index in [2.05, 4.69) is 31.6 Å². The molecule has 1 aromatic carbocycles. The molecular formula is C17H29BrIN3O2S. The van der Waals surface area contributed by atoms with Crippen molar-refractivity contribution in [1.82, 2.24) is 10.6 Å². The number of halogens is 2. The third-order valence-electron chi connectivity index (χ3n) is 3.63. The van der Waals surface area contributed by atoms with Gasteiger partial charge in [-0.1, -0.05) is 34.1 Å². The standard InChI is InChI=1S/C17H28BrN3O2S.HI/c1-6-19-16(20-11-12-24(22,23)17(3,4)5)21-13(2)14-9-7-8-10-15(14)18;/h7-10,13H,6,11-12H2,1-5H3,(H2,19,20,21);1H. The molecule has 0 aliphatic carbocycles. The van der Waals surface area contributed by atoms with E-state index in [0.717, 1.165) is 10.0 Å². The van der Waals surface area contributed by atoms with E-state index in [-0.39, 0.29) is 42.3 Å². The average Bonchev–Trinajstić information content (AvgIpc) is 2.46. The lowest BCUT2D eigenvalue weighted by Crippen LogP contribution is -2.39. The molecule has 144 valence electrons. The SMILES string of the molecule is CCNC(=NCCS(=O)(=O)C(C)(C)C)NC(C)c1ccccc1Br.I. The fraction of sp³-hybridized carbons (Fsp3) is 0.588. The topological polar surface area (TPSA) is 70.6 Å². The van der Waals surface area contributed by atoms with Gasteiger partial charge in [0.15, 0.2) is 15.8 Å². The summed E-state index contributed by atoms with van der Waals surface area (Å²) in [4.78, 5) is 4.41. The minimum absolute atomic E-state index is 0. The fourth-order valence-electron chi connectivity index (χ4n) is 2.01. The molecule has 1 unspecified atom stereocenters. The molecule has 0 saturated carbocycles. The van der Waals surface area contributed by atoms with Gasteiger partial charge in [-0.15, -0.1) is 24.0 Å². The molecule has 0 amide bonds. The number of nitrogens with zero attached hydrogens (tertiary/aromatic N) is 1. The number of guanidine groups is 1. The molecule has 0 heterocycles. The number of benzene rings is 1. The van der Waals surface area contributed by atoms with Crippen molar-refractivity contribution in [2.75, 3.05) is 18.8 Å². The van der Waals surface area contributed by atoms with Gasteiger partial charge in [0, 0.05) is 11.0 Å². The lowest BCUT2D eigenvalue weighted by molar-refractivity contribution is 0.560. The van der Waals surface area contributed by atoms with Crippen LogP contribution < -0.4 is 10.6 Å². The lowest BCUT2D eigenvalue weighted by Gasteiger charge is -2.20. The van der Waals surface area contributed by atoms with Crippen molar-refractivity contribution < 1.29 is 8.42 Å². The summed E-state index contributed by atoms with van der Waals surface area (Å²) in [7, 11) is -3.17. The van der Waals surface area contributed by atoms with Gasteiger partial charge in [-0.2, -0.15) is 0 Å². The zero-order chi connectivity index (χ0) is 18.4. The molecule has 0 aliphatic rings. The molecule has 1 aromatic rings.